The quantitative estimate of drug-likeness (QED) is 0.542. The SMILES string of the molecule is COc1ccc2c3c([nH]c2c1)[C@H](CO)N(Cc1ccccc1OC)CC31CCN(S(C)(=O)=O)CC1. The number of rotatable bonds is 6. The van der Waals surface area contributed by atoms with E-state index in [2.05, 4.69) is 22.0 Å². The Morgan fingerprint density at radius 1 is 1.11 bits per heavy atom. The van der Waals surface area contributed by atoms with E-state index in [1.165, 1.54) is 11.8 Å². The van der Waals surface area contributed by atoms with Gasteiger partial charge in [-0.1, -0.05) is 18.2 Å². The molecule has 1 fully saturated rings. The molecule has 2 aliphatic rings. The molecule has 0 radical (unpaired) electrons. The number of aromatic nitrogens is 1. The van der Waals surface area contributed by atoms with Crippen molar-refractivity contribution in [1.29, 1.82) is 0 Å². The summed E-state index contributed by atoms with van der Waals surface area (Å²) in [5.74, 6) is 1.58. The lowest BCUT2D eigenvalue weighted by Crippen LogP contribution is -2.54. The molecule has 3 heterocycles. The van der Waals surface area contributed by atoms with E-state index in [-0.39, 0.29) is 18.1 Å². The lowest BCUT2D eigenvalue weighted by Gasteiger charge is -2.50. The molecule has 2 aliphatic heterocycles. The maximum atomic E-state index is 12.3. The Morgan fingerprint density at radius 3 is 2.51 bits per heavy atom. The monoisotopic (exact) mass is 499 g/mol. The van der Waals surface area contributed by atoms with Crippen LogP contribution in [0.5, 0.6) is 11.5 Å². The molecule has 3 aromatic rings. The van der Waals surface area contributed by atoms with E-state index in [0.717, 1.165) is 40.2 Å². The summed E-state index contributed by atoms with van der Waals surface area (Å²) < 4.78 is 37.2. The minimum absolute atomic E-state index is 0.0301. The Labute approximate surface area is 206 Å². The van der Waals surface area contributed by atoms with Gasteiger partial charge in [-0.2, -0.15) is 0 Å². The topological polar surface area (TPSA) is 95.1 Å². The molecule has 188 valence electrons. The summed E-state index contributed by atoms with van der Waals surface area (Å²) in [5.41, 5.74) is 4.00. The van der Waals surface area contributed by atoms with E-state index in [1.807, 2.05) is 30.3 Å². The number of ether oxygens (including phenoxy) is 2. The normalized spacial score (nSPS) is 20.7. The zero-order valence-electron chi connectivity index (χ0n) is 20.5. The molecule has 9 heteroatoms. The van der Waals surface area contributed by atoms with Crippen LogP contribution >= 0.6 is 0 Å². The number of sulfonamides is 1. The highest BCUT2D eigenvalue weighted by Gasteiger charge is 2.48. The number of aliphatic hydroxyl groups excluding tert-OH is 1. The first-order chi connectivity index (χ1) is 16.8. The summed E-state index contributed by atoms with van der Waals surface area (Å²) in [6.45, 7) is 2.27. The Hall–Kier alpha value is -2.59. The highest BCUT2D eigenvalue weighted by Crippen LogP contribution is 2.49. The van der Waals surface area contributed by atoms with Crippen LogP contribution in [0.15, 0.2) is 42.5 Å². The molecular formula is C26H33N3O5S. The first-order valence-electron chi connectivity index (χ1n) is 11.9. The third-order valence-electron chi connectivity index (χ3n) is 7.73. The fraction of sp³-hybridized carbons (Fsp3) is 0.462. The molecule has 0 aliphatic carbocycles. The van der Waals surface area contributed by atoms with Gasteiger partial charge in [0.2, 0.25) is 10.0 Å². The van der Waals surface area contributed by atoms with Crippen LogP contribution in [-0.4, -0.2) is 74.4 Å². The van der Waals surface area contributed by atoms with Crippen LogP contribution in [-0.2, 0) is 22.0 Å². The molecule has 0 unspecified atom stereocenters. The average Bonchev–Trinajstić information content (AvgIpc) is 3.23. The summed E-state index contributed by atoms with van der Waals surface area (Å²) in [7, 11) is 0.0771. The number of fused-ring (bicyclic) bond motifs is 4. The van der Waals surface area contributed by atoms with Crippen molar-refractivity contribution in [2.24, 2.45) is 0 Å². The van der Waals surface area contributed by atoms with Gasteiger partial charge in [0.25, 0.3) is 0 Å². The second kappa shape index (κ2) is 9.13. The number of piperidine rings is 1. The summed E-state index contributed by atoms with van der Waals surface area (Å²) in [6.07, 6.45) is 2.71. The van der Waals surface area contributed by atoms with E-state index in [4.69, 9.17) is 9.47 Å². The van der Waals surface area contributed by atoms with Crippen LogP contribution in [0.4, 0.5) is 0 Å². The Kier molecular flexibility index (Phi) is 6.29. The molecule has 0 amide bonds. The van der Waals surface area contributed by atoms with Gasteiger partial charge in [0.05, 0.1) is 33.1 Å². The van der Waals surface area contributed by atoms with Gasteiger partial charge in [-0.05, 0) is 36.6 Å². The molecule has 0 bridgehead atoms. The second-order valence-corrected chi connectivity index (χ2v) is 11.7. The van der Waals surface area contributed by atoms with Crippen molar-refractivity contribution < 1.29 is 23.0 Å². The number of aromatic amines is 1. The molecule has 1 spiro atoms. The number of para-hydroxylation sites is 1. The van der Waals surface area contributed by atoms with Crippen molar-refractivity contribution in [3.63, 3.8) is 0 Å². The minimum atomic E-state index is -3.24. The van der Waals surface area contributed by atoms with Crippen molar-refractivity contribution in [1.82, 2.24) is 14.2 Å². The molecule has 1 saturated heterocycles. The molecule has 35 heavy (non-hydrogen) atoms. The zero-order chi connectivity index (χ0) is 24.8. The number of methoxy groups -OCH3 is 2. The fourth-order valence-electron chi connectivity index (χ4n) is 5.99. The van der Waals surface area contributed by atoms with Crippen LogP contribution in [0.1, 0.15) is 35.7 Å². The molecule has 8 nitrogen and oxygen atoms in total. The highest BCUT2D eigenvalue weighted by molar-refractivity contribution is 7.88. The smallest absolute Gasteiger partial charge is 0.211 e. The van der Waals surface area contributed by atoms with Crippen molar-refractivity contribution in [2.45, 2.75) is 30.8 Å². The average molecular weight is 500 g/mol. The standard InChI is InChI=1S/C26H33N3O5S/c1-33-19-8-9-20-21(14-19)27-25-22(16-30)28(15-18-6-4-5-7-23(18)34-2)17-26(24(20)25)10-12-29(13-11-26)35(3,31)32/h4-9,14,22,27,30H,10-13,15-17H2,1-3H3/t22-/m0/s1. The number of aliphatic hydroxyl groups is 1. The van der Waals surface area contributed by atoms with Gasteiger partial charge in [-0.15, -0.1) is 0 Å². The number of H-pyrrole nitrogens is 1. The highest BCUT2D eigenvalue weighted by atomic mass is 32.2. The Morgan fingerprint density at radius 2 is 1.86 bits per heavy atom. The van der Waals surface area contributed by atoms with Gasteiger partial charge in [-0.3, -0.25) is 4.90 Å². The maximum Gasteiger partial charge on any atom is 0.211 e. The number of nitrogens with zero attached hydrogens (tertiary/aromatic N) is 2. The van der Waals surface area contributed by atoms with Gasteiger partial charge in [0.1, 0.15) is 11.5 Å². The van der Waals surface area contributed by atoms with Crippen molar-refractivity contribution in [3.05, 3.63) is 59.3 Å². The Bertz CT molecular complexity index is 1330. The van der Waals surface area contributed by atoms with Gasteiger partial charge in [0.15, 0.2) is 0 Å². The van der Waals surface area contributed by atoms with Crippen LogP contribution in [0.25, 0.3) is 10.9 Å². The lowest BCUT2D eigenvalue weighted by molar-refractivity contribution is 0.0531. The maximum absolute atomic E-state index is 12.3. The molecule has 5 rings (SSSR count). The molecule has 2 N–H and O–H groups in total. The van der Waals surface area contributed by atoms with Crippen LogP contribution in [0, 0.1) is 0 Å². The molecule has 0 saturated carbocycles. The van der Waals surface area contributed by atoms with E-state index < -0.39 is 10.0 Å². The van der Waals surface area contributed by atoms with Crippen molar-refractivity contribution in [3.8, 4) is 11.5 Å². The Balaban J connectivity index is 1.62. The third-order valence-corrected chi connectivity index (χ3v) is 9.04. The van der Waals surface area contributed by atoms with E-state index >= 15 is 0 Å². The summed E-state index contributed by atoms with van der Waals surface area (Å²) in [6, 6.07) is 13.8. The van der Waals surface area contributed by atoms with E-state index in [1.54, 1.807) is 18.5 Å². The summed E-state index contributed by atoms with van der Waals surface area (Å²) in [4.78, 5) is 5.91. The van der Waals surface area contributed by atoms with Crippen molar-refractivity contribution >= 4 is 20.9 Å². The molecular weight excluding hydrogens is 466 g/mol. The number of hydrogen-bond donors (Lipinski definition) is 2. The second-order valence-electron chi connectivity index (χ2n) is 9.68. The number of nitrogens with one attached hydrogen (secondary N) is 1. The molecule has 1 aromatic heterocycles. The fourth-order valence-corrected chi connectivity index (χ4v) is 6.83. The van der Waals surface area contributed by atoms with Crippen LogP contribution < -0.4 is 9.47 Å². The molecule has 2 aromatic carbocycles. The lowest BCUT2D eigenvalue weighted by atomic mass is 9.68. The van der Waals surface area contributed by atoms with Gasteiger partial charge >= 0.3 is 0 Å². The zero-order valence-corrected chi connectivity index (χ0v) is 21.3. The summed E-state index contributed by atoms with van der Waals surface area (Å²) >= 11 is 0. The predicted molar refractivity (Wildman–Crippen MR) is 135 cm³/mol. The predicted octanol–water partition coefficient (Wildman–Crippen LogP) is 3.03. The largest absolute Gasteiger partial charge is 0.497 e. The van der Waals surface area contributed by atoms with Crippen LogP contribution in [0.3, 0.4) is 0 Å². The van der Waals surface area contributed by atoms with Gasteiger partial charge < -0.3 is 19.6 Å². The van der Waals surface area contributed by atoms with E-state index in [0.29, 0.717) is 32.5 Å². The van der Waals surface area contributed by atoms with Gasteiger partial charge in [0, 0.05) is 59.8 Å². The molecule has 1 atom stereocenters. The number of hydrogen-bond acceptors (Lipinski definition) is 6. The number of benzene rings is 2. The van der Waals surface area contributed by atoms with Gasteiger partial charge in [-0.25, -0.2) is 12.7 Å². The first kappa shape index (κ1) is 24.1. The van der Waals surface area contributed by atoms with E-state index in [9.17, 15) is 13.5 Å². The van der Waals surface area contributed by atoms with Crippen LogP contribution in [0.2, 0.25) is 0 Å². The van der Waals surface area contributed by atoms with Crippen molar-refractivity contribution in [2.75, 3.05) is 46.7 Å². The minimum Gasteiger partial charge on any atom is -0.497 e. The summed E-state index contributed by atoms with van der Waals surface area (Å²) in [5, 5.41) is 11.7. The third kappa shape index (κ3) is 4.20. The first-order valence-corrected chi connectivity index (χ1v) is 13.8.